The summed E-state index contributed by atoms with van der Waals surface area (Å²) in [6, 6.07) is 17.0. The van der Waals surface area contributed by atoms with E-state index in [9.17, 15) is 4.79 Å². The van der Waals surface area contributed by atoms with Crippen molar-refractivity contribution in [1.29, 1.82) is 0 Å². The van der Waals surface area contributed by atoms with E-state index in [4.69, 9.17) is 0 Å². The van der Waals surface area contributed by atoms with Crippen LogP contribution >= 0.6 is 15.9 Å². The van der Waals surface area contributed by atoms with Crippen LogP contribution in [0.2, 0.25) is 0 Å². The van der Waals surface area contributed by atoms with Crippen LogP contribution in [0.3, 0.4) is 0 Å². The Kier molecular flexibility index (Phi) is 5.20. The Morgan fingerprint density at radius 2 is 1.97 bits per heavy atom. The summed E-state index contributed by atoms with van der Waals surface area (Å²) in [6.45, 7) is 1.99. The molecule has 0 bridgehead atoms. The Morgan fingerprint density at radius 1 is 1.06 bits per heavy atom. The molecule has 2 aromatic heterocycles. The maximum atomic E-state index is 12.5. The lowest BCUT2D eigenvalue weighted by molar-refractivity contribution is -0.110. The number of halogens is 1. The summed E-state index contributed by atoms with van der Waals surface area (Å²) in [5.41, 5.74) is 6.05. The van der Waals surface area contributed by atoms with Crippen LogP contribution in [0.1, 0.15) is 11.1 Å². The van der Waals surface area contributed by atoms with Gasteiger partial charge in [-0.1, -0.05) is 22.0 Å². The number of aliphatic imine (C=N–C) groups is 1. The minimum absolute atomic E-state index is 0.222. The van der Waals surface area contributed by atoms with E-state index in [1.807, 2.05) is 61.5 Å². The lowest BCUT2D eigenvalue weighted by atomic mass is 10.1. The molecule has 4 aromatic rings. The molecular formula is C24H17BrN6O. The molecule has 0 fully saturated rings. The smallest absolute Gasteiger partial charge is 0.275 e. The second-order valence-corrected chi connectivity index (χ2v) is 8.15. The number of fused-ring (bicyclic) bond motifs is 1. The van der Waals surface area contributed by atoms with Gasteiger partial charge in [0, 0.05) is 39.9 Å². The quantitative estimate of drug-likeness (QED) is 0.403. The maximum absolute atomic E-state index is 12.5. The van der Waals surface area contributed by atoms with Gasteiger partial charge in [0.25, 0.3) is 5.91 Å². The van der Waals surface area contributed by atoms with Crippen LogP contribution < -0.4 is 10.6 Å². The van der Waals surface area contributed by atoms with E-state index in [1.165, 1.54) is 0 Å². The molecule has 5 rings (SSSR count). The van der Waals surface area contributed by atoms with E-state index >= 15 is 0 Å². The van der Waals surface area contributed by atoms with Crippen molar-refractivity contribution in [2.45, 2.75) is 6.92 Å². The molecule has 0 saturated carbocycles. The third kappa shape index (κ3) is 4.00. The highest BCUT2D eigenvalue weighted by Gasteiger charge is 2.26. The molecule has 32 heavy (non-hydrogen) atoms. The zero-order valence-corrected chi connectivity index (χ0v) is 18.6. The average Bonchev–Trinajstić information content (AvgIpc) is 3.11. The largest absolute Gasteiger partial charge is 0.324 e. The normalized spacial score (nSPS) is 13.7. The van der Waals surface area contributed by atoms with Crippen molar-refractivity contribution in [3.63, 3.8) is 0 Å². The van der Waals surface area contributed by atoms with Crippen molar-refractivity contribution in [2.24, 2.45) is 4.99 Å². The number of carbonyl (C=O) groups excluding carboxylic acids is 1. The van der Waals surface area contributed by atoms with E-state index in [1.54, 1.807) is 18.6 Å². The third-order valence-corrected chi connectivity index (χ3v) is 5.51. The second kappa shape index (κ2) is 8.32. The van der Waals surface area contributed by atoms with Gasteiger partial charge >= 0.3 is 0 Å². The Balaban J connectivity index is 1.47. The van der Waals surface area contributed by atoms with Crippen LogP contribution in [0.4, 0.5) is 23.0 Å². The predicted molar refractivity (Wildman–Crippen MR) is 129 cm³/mol. The van der Waals surface area contributed by atoms with Crippen LogP contribution in [-0.4, -0.2) is 26.6 Å². The van der Waals surface area contributed by atoms with Gasteiger partial charge in [0.2, 0.25) is 5.95 Å². The highest BCUT2D eigenvalue weighted by molar-refractivity contribution is 9.10. The van der Waals surface area contributed by atoms with Crippen LogP contribution in [0.15, 0.2) is 82.7 Å². The second-order valence-electron chi connectivity index (χ2n) is 7.24. The summed E-state index contributed by atoms with van der Waals surface area (Å²) in [5, 5.41) is 6.12. The van der Waals surface area contributed by atoms with Crippen molar-refractivity contribution in [1.82, 2.24) is 15.0 Å². The van der Waals surface area contributed by atoms with Gasteiger partial charge in [0.1, 0.15) is 5.71 Å². The van der Waals surface area contributed by atoms with Gasteiger partial charge in [-0.25, -0.2) is 15.0 Å². The predicted octanol–water partition coefficient (Wildman–Crippen LogP) is 5.43. The Hall–Kier alpha value is -3.91. The Labute approximate surface area is 192 Å². The number of nitrogens with one attached hydrogen (secondary N) is 2. The number of hydrogen-bond donors (Lipinski definition) is 2. The number of anilines is 3. The summed E-state index contributed by atoms with van der Waals surface area (Å²) in [4.78, 5) is 30.2. The lowest BCUT2D eigenvalue weighted by Gasteiger charge is -2.10. The molecule has 1 aliphatic heterocycles. The fourth-order valence-corrected chi connectivity index (χ4v) is 3.76. The van der Waals surface area contributed by atoms with Crippen LogP contribution in [0.25, 0.3) is 11.3 Å². The van der Waals surface area contributed by atoms with Gasteiger partial charge in [0.05, 0.1) is 17.1 Å². The molecule has 8 heteroatoms. The molecule has 3 heterocycles. The van der Waals surface area contributed by atoms with E-state index < -0.39 is 0 Å². The van der Waals surface area contributed by atoms with E-state index in [0.29, 0.717) is 17.3 Å². The zero-order valence-electron chi connectivity index (χ0n) is 17.0. The van der Waals surface area contributed by atoms with E-state index in [-0.39, 0.29) is 5.91 Å². The van der Waals surface area contributed by atoms with Gasteiger partial charge in [-0.3, -0.25) is 9.78 Å². The minimum atomic E-state index is -0.222. The number of amides is 1. The number of rotatable bonds is 4. The fourth-order valence-electron chi connectivity index (χ4n) is 3.39. The van der Waals surface area contributed by atoms with Crippen molar-refractivity contribution >= 4 is 50.6 Å². The van der Waals surface area contributed by atoms with E-state index in [0.717, 1.165) is 38.2 Å². The molecule has 156 valence electrons. The van der Waals surface area contributed by atoms with Gasteiger partial charge in [-0.15, -0.1) is 0 Å². The highest BCUT2D eigenvalue weighted by Crippen LogP contribution is 2.30. The molecule has 0 radical (unpaired) electrons. The molecular weight excluding hydrogens is 468 g/mol. The number of benzene rings is 2. The molecule has 7 nitrogen and oxygen atoms in total. The molecule has 0 aliphatic carbocycles. The standard InChI is InChI=1S/C24H17BrN6O/c1-14-4-6-17(28-22-18-11-16(25)5-7-20(18)29-23(22)32)12-21(14)31-24-27-10-8-19(30-24)15-3-2-9-26-13-15/h2-13H,1H3,(H,27,30,31)(H,28,29,32). The number of pyridine rings is 1. The van der Waals surface area contributed by atoms with Crippen LogP contribution in [0.5, 0.6) is 0 Å². The van der Waals surface area contributed by atoms with Gasteiger partial charge < -0.3 is 10.6 Å². The van der Waals surface area contributed by atoms with E-state index in [2.05, 4.69) is 46.5 Å². The first kappa shape index (κ1) is 20.0. The van der Waals surface area contributed by atoms with Crippen molar-refractivity contribution in [3.8, 4) is 11.3 Å². The van der Waals surface area contributed by atoms with Gasteiger partial charge in [-0.2, -0.15) is 0 Å². The summed E-state index contributed by atoms with van der Waals surface area (Å²) in [6.07, 6.45) is 5.19. The fraction of sp³-hybridized carbons (Fsp3) is 0.0417. The number of aryl methyl sites for hydroxylation is 1. The lowest BCUT2D eigenvalue weighted by Crippen LogP contribution is -2.13. The van der Waals surface area contributed by atoms with Crippen molar-refractivity contribution in [2.75, 3.05) is 10.6 Å². The van der Waals surface area contributed by atoms with Crippen molar-refractivity contribution in [3.05, 3.63) is 88.8 Å². The number of hydrogen-bond acceptors (Lipinski definition) is 6. The first-order chi connectivity index (χ1) is 15.6. The highest BCUT2D eigenvalue weighted by atomic mass is 79.9. The number of nitrogens with zero attached hydrogens (tertiary/aromatic N) is 4. The third-order valence-electron chi connectivity index (χ3n) is 5.02. The SMILES string of the molecule is Cc1ccc(N=C2C(=O)Nc3ccc(Br)cc32)cc1Nc1nccc(-c2cccnc2)n1. The molecule has 0 spiro atoms. The molecule has 0 atom stereocenters. The van der Waals surface area contributed by atoms with Crippen LogP contribution in [0, 0.1) is 6.92 Å². The Morgan fingerprint density at radius 3 is 2.81 bits per heavy atom. The monoisotopic (exact) mass is 484 g/mol. The molecule has 1 aliphatic rings. The summed E-state index contributed by atoms with van der Waals surface area (Å²) in [5.74, 6) is 0.243. The molecule has 0 unspecified atom stereocenters. The average molecular weight is 485 g/mol. The molecule has 2 aromatic carbocycles. The number of carbonyl (C=O) groups is 1. The maximum Gasteiger partial charge on any atom is 0.275 e. The first-order valence-electron chi connectivity index (χ1n) is 9.88. The summed E-state index contributed by atoms with van der Waals surface area (Å²) >= 11 is 3.46. The molecule has 1 amide bonds. The molecule has 2 N–H and O–H groups in total. The topological polar surface area (TPSA) is 92.2 Å². The first-order valence-corrected chi connectivity index (χ1v) is 10.7. The van der Waals surface area contributed by atoms with Crippen molar-refractivity contribution < 1.29 is 4.79 Å². The Bertz CT molecular complexity index is 1370. The molecule has 0 saturated heterocycles. The minimum Gasteiger partial charge on any atom is -0.324 e. The zero-order chi connectivity index (χ0) is 22.1. The summed E-state index contributed by atoms with van der Waals surface area (Å²) in [7, 11) is 0. The van der Waals surface area contributed by atoms with Gasteiger partial charge in [0.15, 0.2) is 0 Å². The summed E-state index contributed by atoms with van der Waals surface area (Å²) < 4.78 is 0.886. The van der Waals surface area contributed by atoms with Crippen LogP contribution in [-0.2, 0) is 4.79 Å². The number of aromatic nitrogens is 3. The van der Waals surface area contributed by atoms with Gasteiger partial charge in [-0.05, 0) is 61.0 Å².